The fourth-order valence-corrected chi connectivity index (χ4v) is 1.44. The Labute approximate surface area is 83.2 Å². The number of thiazole rings is 1. The predicted molar refractivity (Wildman–Crippen MR) is 49.8 cm³/mol. The highest BCUT2D eigenvalue weighted by atomic mass is 32.1. The van der Waals surface area contributed by atoms with Crippen LogP contribution in [0.5, 0.6) is 0 Å². The standard InChI is InChI=1S/C7H8N2O4S/c10-5(11)1-2-8-7-9-4(3-14-7)6(12)13/h3H,1-2H2,(H,8,9)(H,10,11)(H,12,13). The number of aliphatic carboxylic acids is 1. The molecule has 0 bridgehead atoms. The molecule has 6 nitrogen and oxygen atoms in total. The Hall–Kier alpha value is -1.63. The summed E-state index contributed by atoms with van der Waals surface area (Å²) in [5.41, 5.74) is -0.0344. The van der Waals surface area contributed by atoms with Gasteiger partial charge in [0.05, 0.1) is 6.42 Å². The van der Waals surface area contributed by atoms with Crippen LogP contribution >= 0.6 is 11.3 Å². The van der Waals surface area contributed by atoms with Crippen LogP contribution in [0.1, 0.15) is 16.9 Å². The van der Waals surface area contributed by atoms with Gasteiger partial charge >= 0.3 is 11.9 Å². The molecule has 14 heavy (non-hydrogen) atoms. The minimum Gasteiger partial charge on any atom is -0.481 e. The minimum absolute atomic E-state index is 0.0258. The van der Waals surface area contributed by atoms with E-state index >= 15 is 0 Å². The first-order valence-corrected chi connectivity index (χ1v) is 4.62. The van der Waals surface area contributed by atoms with E-state index in [4.69, 9.17) is 10.2 Å². The summed E-state index contributed by atoms with van der Waals surface area (Å²) < 4.78 is 0. The number of rotatable bonds is 5. The highest BCUT2D eigenvalue weighted by Gasteiger charge is 2.07. The molecule has 0 atom stereocenters. The number of carboxylic acid groups (broad SMARTS) is 2. The first-order chi connectivity index (χ1) is 6.59. The number of carboxylic acids is 2. The minimum atomic E-state index is -1.09. The highest BCUT2D eigenvalue weighted by Crippen LogP contribution is 2.14. The van der Waals surface area contributed by atoms with E-state index < -0.39 is 11.9 Å². The predicted octanol–water partition coefficient (Wildman–Crippen LogP) is 0.728. The van der Waals surface area contributed by atoms with E-state index in [-0.39, 0.29) is 18.7 Å². The van der Waals surface area contributed by atoms with Gasteiger partial charge in [-0.3, -0.25) is 4.79 Å². The van der Waals surface area contributed by atoms with E-state index in [1.165, 1.54) is 5.38 Å². The molecule has 76 valence electrons. The van der Waals surface area contributed by atoms with Crippen molar-refractivity contribution in [1.82, 2.24) is 4.98 Å². The molecule has 7 heteroatoms. The molecule has 1 aromatic heterocycles. The van der Waals surface area contributed by atoms with E-state index in [0.717, 1.165) is 11.3 Å². The highest BCUT2D eigenvalue weighted by molar-refractivity contribution is 7.13. The lowest BCUT2D eigenvalue weighted by Gasteiger charge is -1.97. The van der Waals surface area contributed by atoms with Crippen LogP contribution in [0.4, 0.5) is 5.13 Å². The van der Waals surface area contributed by atoms with Gasteiger partial charge in [-0.1, -0.05) is 0 Å². The summed E-state index contributed by atoms with van der Waals surface area (Å²) in [5.74, 6) is -2.00. The fraction of sp³-hybridized carbons (Fsp3) is 0.286. The van der Waals surface area contributed by atoms with Gasteiger partial charge < -0.3 is 15.5 Å². The number of aromatic carboxylic acids is 1. The van der Waals surface area contributed by atoms with Crippen LogP contribution in [-0.2, 0) is 4.79 Å². The number of hydrogen-bond acceptors (Lipinski definition) is 5. The Kier molecular flexibility index (Phi) is 3.41. The molecule has 1 heterocycles. The number of carbonyl (C=O) groups is 2. The van der Waals surface area contributed by atoms with Crippen LogP contribution in [-0.4, -0.2) is 33.7 Å². The van der Waals surface area contributed by atoms with Crippen molar-refractivity contribution in [3.63, 3.8) is 0 Å². The lowest BCUT2D eigenvalue weighted by molar-refractivity contribution is -0.136. The number of nitrogens with zero attached hydrogens (tertiary/aromatic N) is 1. The average molecular weight is 216 g/mol. The smallest absolute Gasteiger partial charge is 0.355 e. The van der Waals surface area contributed by atoms with Gasteiger partial charge in [0.15, 0.2) is 10.8 Å². The first kappa shape index (κ1) is 10.5. The summed E-state index contributed by atoms with van der Waals surface area (Å²) in [4.78, 5) is 24.3. The average Bonchev–Trinajstić information content (AvgIpc) is 2.52. The molecule has 1 aromatic rings. The Morgan fingerprint density at radius 1 is 1.50 bits per heavy atom. The maximum Gasteiger partial charge on any atom is 0.355 e. The molecule has 1 rings (SSSR count). The number of nitrogens with one attached hydrogen (secondary N) is 1. The van der Waals surface area contributed by atoms with Crippen LogP contribution in [0, 0.1) is 0 Å². The van der Waals surface area contributed by atoms with E-state index in [1.54, 1.807) is 0 Å². The van der Waals surface area contributed by atoms with E-state index in [1.807, 2.05) is 0 Å². The van der Waals surface area contributed by atoms with Crippen LogP contribution in [0.2, 0.25) is 0 Å². The largest absolute Gasteiger partial charge is 0.481 e. The van der Waals surface area contributed by atoms with Gasteiger partial charge in [0.2, 0.25) is 0 Å². The normalized spacial score (nSPS) is 9.71. The molecule has 0 saturated heterocycles. The van der Waals surface area contributed by atoms with Crippen molar-refractivity contribution in [1.29, 1.82) is 0 Å². The zero-order valence-electron chi connectivity index (χ0n) is 7.06. The van der Waals surface area contributed by atoms with Crippen LogP contribution in [0.3, 0.4) is 0 Å². The molecular formula is C7H8N2O4S. The zero-order valence-corrected chi connectivity index (χ0v) is 7.87. The maximum atomic E-state index is 10.4. The van der Waals surface area contributed by atoms with Crippen molar-refractivity contribution in [3.8, 4) is 0 Å². The van der Waals surface area contributed by atoms with Gasteiger partial charge in [0.1, 0.15) is 0 Å². The number of hydrogen-bond donors (Lipinski definition) is 3. The lowest BCUT2D eigenvalue weighted by Crippen LogP contribution is -2.07. The molecule has 0 unspecified atom stereocenters. The quantitative estimate of drug-likeness (QED) is 0.670. The Morgan fingerprint density at radius 3 is 2.71 bits per heavy atom. The molecule has 0 aromatic carbocycles. The van der Waals surface area contributed by atoms with Crippen molar-refractivity contribution < 1.29 is 19.8 Å². The second-order valence-corrected chi connectivity index (χ2v) is 3.27. The third-order valence-corrected chi connectivity index (χ3v) is 2.14. The Bertz CT molecular complexity index is 349. The number of aromatic nitrogens is 1. The molecular weight excluding hydrogens is 208 g/mol. The first-order valence-electron chi connectivity index (χ1n) is 3.74. The molecule has 0 aliphatic heterocycles. The summed E-state index contributed by atoms with van der Waals surface area (Å²) in [7, 11) is 0. The molecule has 3 N–H and O–H groups in total. The molecule has 0 spiro atoms. The van der Waals surface area contributed by atoms with Crippen LogP contribution in [0.25, 0.3) is 0 Å². The van der Waals surface area contributed by atoms with Crippen molar-refractivity contribution in [2.75, 3.05) is 11.9 Å². The SMILES string of the molecule is O=C(O)CCNc1nc(C(=O)O)cs1. The molecule has 0 aliphatic carbocycles. The second kappa shape index (κ2) is 4.56. The Balaban J connectivity index is 2.44. The maximum absolute atomic E-state index is 10.4. The summed E-state index contributed by atoms with van der Waals surface area (Å²) >= 11 is 1.13. The zero-order chi connectivity index (χ0) is 10.6. The van der Waals surface area contributed by atoms with E-state index in [2.05, 4.69) is 10.3 Å². The van der Waals surface area contributed by atoms with Crippen LogP contribution < -0.4 is 5.32 Å². The van der Waals surface area contributed by atoms with Gasteiger partial charge in [-0.05, 0) is 0 Å². The topological polar surface area (TPSA) is 99.5 Å². The van der Waals surface area contributed by atoms with Gasteiger partial charge in [0, 0.05) is 11.9 Å². The summed E-state index contributed by atoms with van der Waals surface area (Å²) in [6.07, 6.45) is -0.0258. The van der Waals surface area contributed by atoms with Crippen molar-refractivity contribution in [3.05, 3.63) is 11.1 Å². The van der Waals surface area contributed by atoms with E-state index in [9.17, 15) is 9.59 Å². The lowest BCUT2D eigenvalue weighted by atomic mass is 10.4. The van der Waals surface area contributed by atoms with Gasteiger partial charge in [-0.25, -0.2) is 9.78 Å². The molecule has 0 amide bonds. The summed E-state index contributed by atoms with van der Waals surface area (Å²) in [5, 5.41) is 21.4. The molecule has 0 radical (unpaired) electrons. The van der Waals surface area contributed by atoms with Gasteiger partial charge in [-0.15, -0.1) is 11.3 Å². The summed E-state index contributed by atoms with van der Waals surface area (Å²) in [6.45, 7) is 0.238. The third-order valence-electron chi connectivity index (χ3n) is 1.34. The summed E-state index contributed by atoms with van der Waals surface area (Å²) in [6, 6.07) is 0. The monoisotopic (exact) mass is 216 g/mol. The third kappa shape index (κ3) is 3.02. The van der Waals surface area contributed by atoms with Crippen LogP contribution in [0.15, 0.2) is 5.38 Å². The molecule has 0 aliphatic rings. The fourth-order valence-electron chi connectivity index (χ4n) is 0.730. The van der Waals surface area contributed by atoms with Crippen molar-refractivity contribution in [2.45, 2.75) is 6.42 Å². The van der Waals surface area contributed by atoms with Gasteiger partial charge in [-0.2, -0.15) is 0 Å². The van der Waals surface area contributed by atoms with E-state index in [0.29, 0.717) is 5.13 Å². The molecule has 0 saturated carbocycles. The van der Waals surface area contributed by atoms with Gasteiger partial charge in [0.25, 0.3) is 0 Å². The Morgan fingerprint density at radius 2 is 2.21 bits per heavy atom. The second-order valence-electron chi connectivity index (χ2n) is 2.41. The number of anilines is 1. The van der Waals surface area contributed by atoms with Crippen molar-refractivity contribution in [2.24, 2.45) is 0 Å². The molecule has 0 fully saturated rings. The van der Waals surface area contributed by atoms with Crippen molar-refractivity contribution >= 4 is 28.4 Å².